The van der Waals surface area contributed by atoms with Gasteiger partial charge in [-0.15, -0.1) is 12.4 Å². The molecule has 6 heteroatoms. The molecule has 0 aliphatic carbocycles. The number of amides is 1. The maximum atomic E-state index is 12.4. The predicted octanol–water partition coefficient (Wildman–Crippen LogP) is 2.45. The van der Waals surface area contributed by atoms with E-state index < -0.39 is 0 Å². The lowest BCUT2D eigenvalue weighted by Crippen LogP contribution is -2.44. The molecule has 1 aromatic rings. The molecular formula is C19H28ClN3O2. The van der Waals surface area contributed by atoms with E-state index in [1.807, 2.05) is 29.2 Å². The lowest BCUT2D eigenvalue weighted by atomic mass is 10.1. The van der Waals surface area contributed by atoms with E-state index in [0.717, 1.165) is 51.3 Å². The first-order chi connectivity index (χ1) is 11.6. The standard InChI is InChI=1S/C19H27N3O2.ClH/c1-20-12-14-21(15-13-20)10-4-5-11-22-17-7-3-2-6-16(17)18(23)8-9-19(22)24;/h2-3,6-7H,4-5,8-15H2,1H3;1H. The van der Waals surface area contributed by atoms with Crippen LogP contribution in [0.5, 0.6) is 0 Å². The fourth-order valence-electron chi connectivity index (χ4n) is 3.49. The van der Waals surface area contributed by atoms with E-state index >= 15 is 0 Å². The van der Waals surface area contributed by atoms with Crippen molar-refractivity contribution < 1.29 is 9.59 Å². The Balaban J connectivity index is 0.00000225. The molecule has 2 aliphatic rings. The van der Waals surface area contributed by atoms with E-state index in [-0.39, 0.29) is 24.1 Å². The summed E-state index contributed by atoms with van der Waals surface area (Å²) >= 11 is 0. The van der Waals surface area contributed by atoms with Gasteiger partial charge >= 0.3 is 0 Å². The largest absolute Gasteiger partial charge is 0.312 e. The normalized spacial score (nSPS) is 19.3. The van der Waals surface area contributed by atoms with Gasteiger partial charge in [-0.3, -0.25) is 9.59 Å². The van der Waals surface area contributed by atoms with Crippen molar-refractivity contribution in [1.29, 1.82) is 0 Å². The second kappa shape index (κ2) is 9.32. The van der Waals surface area contributed by atoms with Gasteiger partial charge in [-0.2, -0.15) is 0 Å². The molecule has 1 fully saturated rings. The van der Waals surface area contributed by atoms with Gasteiger partial charge in [-0.1, -0.05) is 12.1 Å². The number of ketones is 1. The molecule has 1 aromatic carbocycles. The van der Waals surface area contributed by atoms with E-state index in [4.69, 9.17) is 0 Å². The number of benzene rings is 1. The SMILES string of the molecule is CN1CCN(CCCCN2C(=O)CCC(=O)c3ccccc32)CC1.Cl. The van der Waals surface area contributed by atoms with Crippen LogP contribution < -0.4 is 4.90 Å². The number of hydrogen-bond donors (Lipinski definition) is 0. The van der Waals surface area contributed by atoms with Crippen molar-refractivity contribution in [2.24, 2.45) is 0 Å². The van der Waals surface area contributed by atoms with E-state index in [9.17, 15) is 9.59 Å². The Kier molecular flexibility index (Phi) is 7.41. The summed E-state index contributed by atoms with van der Waals surface area (Å²) in [6.07, 6.45) is 2.71. The van der Waals surface area contributed by atoms with Crippen LogP contribution in [0.1, 0.15) is 36.0 Å². The van der Waals surface area contributed by atoms with Gasteiger partial charge in [-0.05, 0) is 38.6 Å². The summed E-state index contributed by atoms with van der Waals surface area (Å²) in [5.74, 6) is 0.159. The fourth-order valence-corrected chi connectivity index (χ4v) is 3.49. The first-order valence-corrected chi connectivity index (χ1v) is 8.98. The molecule has 138 valence electrons. The van der Waals surface area contributed by atoms with E-state index in [0.29, 0.717) is 24.9 Å². The summed E-state index contributed by atoms with van der Waals surface area (Å²) in [6, 6.07) is 7.52. The summed E-state index contributed by atoms with van der Waals surface area (Å²) in [4.78, 5) is 31.3. The van der Waals surface area contributed by atoms with Crippen LogP contribution in [-0.4, -0.2) is 67.8 Å². The van der Waals surface area contributed by atoms with Crippen LogP contribution in [0.4, 0.5) is 5.69 Å². The molecule has 5 nitrogen and oxygen atoms in total. The fraction of sp³-hybridized carbons (Fsp3) is 0.579. The van der Waals surface area contributed by atoms with Crippen molar-refractivity contribution in [3.63, 3.8) is 0 Å². The number of carbonyl (C=O) groups excluding carboxylic acids is 2. The number of nitrogens with zero attached hydrogens (tertiary/aromatic N) is 3. The zero-order valence-electron chi connectivity index (χ0n) is 14.9. The van der Waals surface area contributed by atoms with Gasteiger partial charge in [0.05, 0.1) is 5.69 Å². The smallest absolute Gasteiger partial charge is 0.227 e. The van der Waals surface area contributed by atoms with Crippen LogP contribution in [0.3, 0.4) is 0 Å². The third kappa shape index (κ3) is 5.03. The molecule has 25 heavy (non-hydrogen) atoms. The summed E-state index contributed by atoms with van der Waals surface area (Å²) in [5.41, 5.74) is 1.49. The molecule has 1 amide bonds. The van der Waals surface area contributed by atoms with E-state index in [2.05, 4.69) is 16.8 Å². The number of hydrogen-bond acceptors (Lipinski definition) is 4. The average Bonchev–Trinajstić information content (AvgIpc) is 2.72. The molecule has 0 aromatic heterocycles. The number of rotatable bonds is 5. The maximum absolute atomic E-state index is 12.4. The number of anilines is 1. The van der Waals surface area contributed by atoms with Gasteiger partial charge in [0.15, 0.2) is 5.78 Å². The van der Waals surface area contributed by atoms with Gasteiger partial charge in [0.1, 0.15) is 0 Å². The van der Waals surface area contributed by atoms with Crippen molar-refractivity contribution in [2.45, 2.75) is 25.7 Å². The second-order valence-corrected chi connectivity index (χ2v) is 6.84. The summed E-state index contributed by atoms with van der Waals surface area (Å²) in [6.45, 7) is 6.35. The molecule has 2 aliphatic heterocycles. The highest BCUT2D eigenvalue weighted by Gasteiger charge is 2.25. The summed E-state index contributed by atoms with van der Waals surface area (Å²) in [7, 11) is 2.17. The third-order valence-electron chi connectivity index (χ3n) is 5.06. The zero-order chi connectivity index (χ0) is 16.9. The minimum absolute atomic E-state index is 0. The quantitative estimate of drug-likeness (QED) is 0.752. The van der Waals surface area contributed by atoms with Crippen molar-refractivity contribution >= 4 is 29.8 Å². The maximum Gasteiger partial charge on any atom is 0.227 e. The Hall–Kier alpha value is -1.43. The molecule has 3 rings (SSSR count). The van der Waals surface area contributed by atoms with Crippen molar-refractivity contribution in [3.05, 3.63) is 29.8 Å². The molecule has 0 spiro atoms. The molecular weight excluding hydrogens is 338 g/mol. The number of halogens is 1. The molecule has 1 saturated heterocycles. The Labute approximate surface area is 156 Å². The minimum Gasteiger partial charge on any atom is -0.312 e. The van der Waals surface area contributed by atoms with E-state index in [1.54, 1.807) is 0 Å². The number of para-hydroxylation sites is 1. The van der Waals surface area contributed by atoms with Crippen LogP contribution in [0.15, 0.2) is 24.3 Å². The Bertz CT molecular complexity index is 600. The summed E-state index contributed by atoms with van der Waals surface area (Å²) < 4.78 is 0. The first-order valence-electron chi connectivity index (χ1n) is 8.98. The first kappa shape index (κ1) is 19.9. The van der Waals surface area contributed by atoms with Crippen molar-refractivity contribution in [2.75, 3.05) is 51.2 Å². The van der Waals surface area contributed by atoms with Crippen molar-refractivity contribution in [3.8, 4) is 0 Å². The lowest BCUT2D eigenvalue weighted by Gasteiger charge is -2.32. The zero-order valence-corrected chi connectivity index (χ0v) is 15.8. The average molecular weight is 366 g/mol. The Morgan fingerprint density at radius 3 is 2.36 bits per heavy atom. The van der Waals surface area contributed by atoms with Crippen molar-refractivity contribution in [1.82, 2.24) is 9.80 Å². The van der Waals surface area contributed by atoms with Crippen LogP contribution in [0, 0.1) is 0 Å². The number of Topliss-reactive ketones (excluding diaryl/α,β-unsaturated/α-hetero) is 1. The molecule has 0 radical (unpaired) electrons. The minimum atomic E-state index is 0. The third-order valence-corrected chi connectivity index (χ3v) is 5.06. The molecule has 0 bridgehead atoms. The topological polar surface area (TPSA) is 43.9 Å². The highest BCUT2D eigenvalue weighted by atomic mass is 35.5. The monoisotopic (exact) mass is 365 g/mol. The molecule has 0 unspecified atom stereocenters. The Morgan fingerprint density at radius 1 is 0.920 bits per heavy atom. The highest BCUT2D eigenvalue weighted by molar-refractivity contribution is 6.09. The van der Waals surface area contributed by atoms with Gasteiger partial charge in [0, 0.05) is 51.1 Å². The van der Waals surface area contributed by atoms with Gasteiger partial charge in [-0.25, -0.2) is 0 Å². The van der Waals surface area contributed by atoms with Crippen LogP contribution in [-0.2, 0) is 4.79 Å². The number of unbranched alkanes of at least 4 members (excludes halogenated alkanes) is 1. The van der Waals surface area contributed by atoms with Gasteiger partial charge < -0.3 is 14.7 Å². The lowest BCUT2D eigenvalue weighted by molar-refractivity contribution is -0.118. The van der Waals surface area contributed by atoms with Crippen LogP contribution >= 0.6 is 12.4 Å². The van der Waals surface area contributed by atoms with Crippen LogP contribution in [0.2, 0.25) is 0 Å². The number of piperazine rings is 1. The number of likely N-dealkylation sites (N-methyl/N-ethyl adjacent to an activating group) is 1. The Morgan fingerprint density at radius 2 is 1.60 bits per heavy atom. The van der Waals surface area contributed by atoms with Gasteiger partial charge in [0.2, 0.25) is 5.91 Å². The molecule has 0 atom stereocenters. The van der Waals surface area contributed by atoms with Gasteiger partial charge in [0.25, 0.3) is 0 Å². The highest BCUT2D eigenvalue weighted by Crippen LogP contribution is 2.27. The number of carbonyl (C=O) groups is 2. The second-order valence-electron chi connectivity index (χ2n) is 6.84. The number of fused-ring (bicyclic) bond motifs is 1. The molecule has 0 saturated carbocycles. The van der Waals surface area contributed by atoms with E-state index in [1.165, 1.54) is 0 Å². The predicted molar refractivity (Wildman–Crippen MR) is 103 cm³/mol. The summed E-state index contributed by atoms with van der Waals surface area (Å²) in [5, 5.41) is 0. The molecule has 0 N–H and O–H groups in total. The molecule has 2 heterocycles. The van der Waals surface area contributed by atoms with Crippen LogP contribution in [0.25, 0.3) is 0 Å².